The molecule has 3 nitrogen and oxygen atoms in total. The summed E-state index contributed by atoms with van der Waals surface area (Å²) in [7, 11) is 0. The number of aryl methyl sites for hydroxylation is 1. The fourth-order valence-electron chi connectivity index (χ4n) is 1.66. The largest absolute Gasteiger partial charge is 0.319 e. The van der Waals surface area contributed by atoms with Crippen LogP contribution in [0.1, 0.15) is 21.5 Å². The lowest BCUT2D eigenvalue weighted by atomic mass is 10.1. The third kappa shape index (κ3) is 2.96. The molecule has 0 aliphatic heterocycles. The highest BCUT2D eigenvalue weighted by atomic mass is 19.1. The fourth-order valence-corrected chi connectivity index (χ4v) is 1.66. The van der Waals surface area contributed by atoms with E-state index in [1.165, 1.54) is 12.1 Å². The van der Waals surface area contributed by atoms with E-state index in [9.17, 15) is 9.18 Å². The molecular weight excluding hydrogens is 243 g/mol. The number of benzene rings is 2. The summed E-state index contributed by atoms with van der Waals surface area (Å²) in [6.07, 6.45) is 0. The molecule has 1 amide bonds. The van der Waals surface area contributed by atoms with E-state index in [1.807, 2.05) is 13.0 Å². The van der Waals surface area contributed by atoms with E-state index in [1.54, 1.807) is 30.3 Å². The van der Waals surface area contributed by atoms with Gasteiger partial charge in [-0.25, -0.2) is 4.39 Å². The van der Waals surface area contributed by atoms with Crippen molar-refractivity contribution in [3.63, 3.8) is 0 Å². The first-order valence-corrected chi connectivity index (χ1v) is 5.68. The number of hydrogen-bond donors (Lipinski definition) is 1. The molecule has 0 aliphatic carbocycles. The summed E-state index contributed by atoms with van der Waals surface area (Å²) >= 11 is 0. The van der Waals surface area contributed by atoms with Gasteiger partial charge in [-0.3, -0.25) is 4.79 Å². The Morgan fingerprint density at radius 1 is 1.26 bits per heavy atom. The number of carbonyl (C=O) groups excluding carboxylic acids is 1. The average molecular weight is 254 g/mol. The maximum absolute atomic E-state index is 13.5. The summed E-state index contributed by atoms with van der Waals surface area (Å²) in [6.45, 7) is 1.81. The molecule has 2 rings (SSSR count). The molecule has 0 spiro atoms. The lowest BCUT2D eigenvalue weighted by molar-refractivity contribution is 0.102. The zero-order valence-electron chi connectivity index (χ0n) is 10.3. The molecule has 0 heterocycles. The Kier molecular flexibility index (Phi) is 3.58. The van der Waals surface area contributed by atoms with E-state index < -0.39 is 11.7 Å². The van der Waals surface area contributed by atoms with Gasteiger partial charge < -0.3 is 5.32 Å². The first kappa shape index (κ1) is 12.8. The van der Waals surface area contributed by atoms with E-state index >= 15 is 0 Å². The minimum atomic E-state index is -0.490. The van der Waals surface area contributed by atoms with Gasteiger partial charge in [0.25, 0.3) is 5.91 Å². The molecular formula is C15H11FN2O. The standard InChI is InChI=1S/C15H11FN2O/c1-10-5-6-13(16)14(7-10)18-15(19)12-4-2-3-11(8-12)9-17/h2-8H,1H3,(H,18,19). The summed E-state index contributed by atoms with van der Waals surface area (Å²) in [5, 5.41) is 11.3. The zero-order chi connectivity index (χ0) is 13.8. The smallest absolute Gasteiger partial charge is 0.255 e. The summed E-state index contributed by atoms with van der Waals surface area (Å²) in [6, 6.07) is 12.7. The maximum Gasteiger partial charge on any atom is 0.255 e. The summed E-state index contributed by atoms with van der Waals surface area (Å²) in [5.41, 5.74) is 1.69. The second-order valence-corrected chi connectivity index (χ2v) is 4.13. The number of carbonyl (C=O) groups is 1. The first-order chi connectivity index (χ1) is 9.10. The molecule has 0 atom stereocenters. The van der Waals surface area contributed by atoms with Gasteiger partial charge in [-0.15, -0.1) is 0 Å². The second-order valence-electron chi connectivity index (χ2n) is 4.13. The monoisotopic (exact) mass is 254 g/mol. The van der Waals surface area contributed by atoms with E-state index in [4.69, 9.17) is 5.26 Å². The van der Waals surface area contributed by atoms with Crippen LogP contribution in [0, 0.1) is 24.1 Å². The number of nitriles is 1. The number of halogens is 1. The van der Waals surface area contributed by atoms with Crippen molar-refractivity contribution in [1.29, 1.82) is 5.26 Å². The minimum absolute atomic E-state index is 0.132. The SMILES string of the molecule is Cc1ccc(F)c(NC(=O)c2cccc(C#N)c2)c1. The third-order valence-electron chi connectivity index (χ3n) is 2.62. The van der Waals surface area contributed by atoms with Crippen LogP contribution in [0.15, 0.2) is 42.5 Å². The lowest BCUT2D eigenvalue weighted by Gasteiger charge is -2.07. The normalized spacial score (nSPS) is 9.74. The Bertz CT molecular complexity index is 674. The van der Waals surface area contributed by atoms with Gasteiger partial charge in [0.05, 0.1) is 17.3 Å². The molecule has 0 aliphatic rings. The molecule has 0 fully saturated rings. The Hall–Kier alpha value is -2.67. The maximum atomic E-state index is 13.5. The molecule has 0 saturated carbocycles. The molecule has 0 bridgehead atoms. The highest BCUT2D eigenvalue weighted by Gasteiger charge is 2.09. The molecule has 94 valence electrons. The highest BCUT2D eigenvalue weighted by Crippen LogP contribution is 2.17. The fraction of sp³-hybridized carbons (Fsp3) is 0.0667. The van der Waals surface area contributed by atoms with Crippen LogP contribution in [0.2, 0.25) is 0 Å². The number of amides is 1. The van der Waals surface area contributed by atoms with Crippen LogP contribution in [0.3, 0.4) is 0 Å². The van der Waals surface area contributed by atoms with Crippen LogP contribution in [0.25, 0.3) is 0 Å². The number of anilines is 1. The van der Waals surface area contributed by atoms with Crippen molar-refractivity contribution >= 4 is 11.6 Å². The molecule has 0 radical (unpaired) electrons. The molecule has 0 unspecified atom stereocenters. The highest BCUT2D eigenvalue weighted by molar-refractivity contribution is 6.04. The van der Waals surface area contributed by atoms with Crippen molar-refractivity contribution < 1.29 is 9.18 Å². The van der Waals surface area contributed by atoms with Gasteiger partial charge in [0, 0.05) is 5.56 Å². The van der Waals surface area contributed by atoms with Gasteiger partial charge in [-0.2, -0.15) is 5.26 Å². The van der Waals surface area contributed by atoms with Crippen molar-refractivity contribution in [2.45, 2.75) is 6.92 Å². The summed E-state index contributed by atoms with van der Waals surface area (Å²) in [5.74, 6) is -0.933. The van der Waals surface area contributed by atoms with Gasteiger partial charge in [0.15, 0.2) is 0 Å². The average Bonchev–Trinajstić information content (AvgIpc) is 2.43. The molecule has 4 heteroatoms. The van der Waals surface area contributed by atoms with Crippen LogP contribution in [-0.2, 0) is 0 Å². The Labute approximate surface area is 110 Å². The molecule has 2 aromatic carbocycles. The van der Waals surface area contributed by atoms with Crippen LogP contribution >= 0.6 is 0 Å². The van der Waals surface area contributed by atoms with Gasteiger partial charge in [0.1, 0.15) is 5.82 Å². The van der Waals surface area contributed by atoms with Crippen molar-refractivity contribution in [3.8, 4) is 6.07 Å². The number of hydrogen-bond acceptors (Lipinski definition) is 2. The van der Waals surface area contributed by atoms with E-state index in [0.29, 0.717) is 11.1 Å². The van der Waals surface area contributed by atoms with Crippen LogP contribution in [0.4, 0.5) is 10.1 Å². The Balaban J connectivity index is 2.26. The topological polar surface area (TPSA) is 52.9 Å². The summed E-state index contributed by atoms with van der Waals surface area (Å²) in [4.78, 5) is 12.0. The predicted molar refractivity (Wildman–Crippen MR) is 70.2 cm³/mol. The van der Waals surface area contributed by atoms with E-state index in [-0.39, 0.29) is 5.69 Å². The minimum Gasteiger partial charge on any atom is -0.319 e. The third-order valence-corrected chi connectivity index (χ3v) is 2.62. The Morgan fingerprint density at radius 3 is 2.79 bits per heavy atom. The van der Waals surface area contributed by atoms with Crippen molar-refractivity contribution in [2.24, 2.45) is 0 Å². The van der Waals surface area contributed by atoms with Crippen molar-refractivity contribution in [3.05, 3.63) is 65.0 Å². The first-order valence-electron chi connectivity index (χ1n) is 5.68. The predicted octanol–water partition coefficient (Wildman–Crippen LogP) is 3.26. The van der Waals surface area contributed by atoms with Gasteiger partial charge in [-0.1, -0.05) is 12.1 Å². The summed E-state index contributed by atoms with van der Waals surface area (Å²) < 4.78 is 13.5. The van der Waals surface area contributed by atoms with Gasteiger partial charge >= 0.3 is 0 Å². The Morgan fingerprint density at radius 2 is 2.05 bits per heavy atom. The van der Waals surface area contributed by atoms with Gasteiger partial charge in [-0.05, 0) is 42.8 Å². The van der Waals surface area contributed by atoms with Crippen LogP contribution < -0.4 is 5.32 Å². The molecule has 19 heavy (non-hydrogen) atoms. The van der Waals surface area contributed by atoms with E-state index in [0.717, 1.165) is 5.56 Å². The van der Waals surface area contributed by atoms with Crippen LogP contribution in [-0.4, -0.2) is 5.91 Å². The van der Waals surface area contributed by atoms with Crippen LogP contribution in [0.5, 0.6) is 0 Å². The van der Waals surface area contributed by atoms with E-state index in [2.05, 4.69) is 5.32 Å². The second kappa shape index (κ2) is 5.32. The molecule has 2 aromatic rings. The quantitative estimate of drug-likeness (QED) is 0.894. The van der Waals surface area contributed by atoms with Gasteiger partial charge in [0.2, 0.25) is 0 Å². The van der Waals surface area contributed by atoms with Crippen molar-refractivity contribution in [2.75, 3.05) is 5.32 Å². The number of nitrogens with zero attached hydrogens (tertiary/aromatic N) is 1. The number of rotatable bonds is 2. The van der Waals surface area contributed by atoms with Crippen molar-refractivity contribution in [1.82, 2.24) is 0 Å². The lowest BCUT2D eigenvalue weighted by Crippen LogP contribution is -2.13. The molecule has 0 aromatic heterocycles. The molecule has 1 N–H and O–H groups in total. The number of nitrogens with one attached hydrogen (secondary N) is 1. The zero-order valence-corrected chi connectivity index (χ0v) is 10.3. The molecule has 0 saturated heterocycles.